The number of rotatable bonds is 5. The van der Waals surface area contributed by atoms with Crippen LogP contribution < -0.4 is 10.1 Å². The number of ether oxygens (including phenoxy) is 1. The van der Waals surface area contributed by atoms with Crippen LogP contribution in [0.2, 0.25) is 0 Å². The van der Waals surface area contributed by atoms with Crippen molar-refractivity contribution in [1.29, 1.82) is 0 Å². The van der Waals surface area contributed by atoms with E-state index in [1.807, 2.05) is 77.9 Å². The number of hydrogen-bond donors (Lipinski definition) is 1. The van der Waals surface area contributed by atoms with Gasteiger partial charge in [0.2, 0.25) is 0 Å². The average Bonchev–Trinajstić information content (AvgIpc) is 3.23. The molecule has 1 amide bonds. The first-order valence-corrected chi connectivity index (χ1v) is 11.3. The molecule has 2 aromatic carbocycles. The molecule has 0 saturated carbocycles. The molecule has 0 bridgehead atoms. The maximum Gasteiger partial charge on any atom is 0.251 e. The highest BCUT2D eigenvalue weighted by Gasteiger charge is 2.22. The van der Waals surface area contributed by atoms with E-state index in [0.717, 1.165) is 29.1 Å². The molecule has 1 unspecified atom stereocenters. The number of hydrogen-bond acceptors (Lipinski definition) is 4. The fourth-order valence-corrected chi connectivity index (χ4v) is 5.02. The number of amides is 1. The molecule has 3 heterocycles. The van der Waals surface area contributed by atoms with E-state index < -0.39 is 0 Å². The van der Waals surface area contributed by atoms with Crippen molar-refractivity contribution in [2.24, 2.45) is 0 Å². The van der Waals surface area contributed by atoms with E-state index >= 15 is 0 Å². The van der Waals surface area contributed by atoms with Crippen molar-refractivity contribution in [2.45, 2.75) is 30.9 Å². The molecule has 5 nitrogen and oxygen atoms in total. The lowest BCUT2D eigenvalue weighted by Gasteiger charge is -2.26. The number of fused-ring (bicyclic) bond motifs is 2. The van der Waals surface area contributed by atoms with Gasteiger partial charge in [0.25, 0.3) is 5.91 Å². The number of aromatic nitrogens is 2. The zero-order valence-corrected chi connectivity index (χ0v) is 18.1. The van der Waals surface area contributed by atoms with E-state index in [1.54, 1.807) is 6.07 Å². The van der Waals surface area contributed by atoms with E-state index in [2.05, 4.69) is 22.4 Å². The second-order valence-corrected chi connectivity index (χ2v) is 8.81. The van der Waals surface area contributed by atoms with Crippen molar-refractivity contribution >= 4 is 23.3 Å². The second kappa shape index (κ2) is 8.47. The minimum atomic E-state index is -0.0829. The van der Waals surface area contributed by atoms with Gasteiger partial charge in [0, 0.05) is 28.6 Å². The minimum absolute atomic E-state index is 0.0377. The molecular weight excluding hydrogens is 406 g/mol. The molecule has 1 N–H and O–H groups in total. The van der Waals surface area contributed by atoms with Gasteiger partial charge >= 0.3 is 0 Å². The first-order chi connectivity index (χ1) is 15.2. The highest BCUT2D eigenvalue weighted by molar-refractivity contribution is 7.99. The van der Waals surface area contributed by atoms with E-state index in [1.165, 1.54) is 10.5 Å². The van der Waals surface area contributed by atoms with Crippen LogP contribution in [-0.2, 0) is 6.61 Å². The van der Waals surface area contributed by atoms with Gasteiger partial charge in [-0.1, -0.05) is 30.3 Å². The molecule has 2 aromatic heterocycles. The third kappa shape index (κ3) is 4.16. The summed E-state index contributed by atoms with van der Waals surface area (Å²) in [6.45, 7) is 2.39. The van der Waals surface area contributed by atoms with Crippen LogP contribution in [0.3, 0.4) is 0 Å². The second-order valence-electron chi connectivity index (χ2n) is 7.67. The van der Waals surface area contributed by atoms with Gasteiger partial charge in [-0.3, -0.25) is 4.79 Å². The highest BCUT2D eigenvalue weighted by atomic mass is 32.2. The molecule has 1 aliphatic heterocycles. The first kappa shape index (κ1) is 19.7. The molecule has 0 aliphatic carbocycles. The van der Waals surface area contributed by atoms with E-state index in [4.69, 9.17) is 4.74 Å². The predicted octanol–water partition coefficient (Wildman–Crippen LogP) is 5.19. The van der Waals surface area contributed by atoms with Gasteiger partial charge in [-0.15, -0.1) is 11.8 Å². The summed E-state index contributed by atoms with van der Waals surface area (Å²) in [6.07, 6.45) is 4.88. The fourth-order valence-electron chi connectivity index (χ4n) is 3.89. The third-order valence-corrected chi connectivity index (χ3v) is 6.60. The van der Waals surface area contributed by atoms with Gasteiger partial charge in [-0.05, 0) is 54.8 Å². The Hall–Kier alpha value is -3.25. The molecule has 0 radical (unpaired) electrons. The summed E-state index contributed by atoms with van der Waals surface area (Å²) in [4.78, 5) is 18.8. The number of aryl methyl sites for hydroxylation is 1. The number of pyridine rings is 1. The Bertz CT molecular complexity index is 1250. The van der Waals surface area contributed by atoms with Gasteiger partial charge in [0.15, 0.2) is 0 Å². The van der Waals surface area contributed by atoms with Crippen molar-refractivity contribution in [1.82, 2.24) is 14.7 Å². The topological polar surface area (TPSA) is 55.6 Å². The monoisotopic (exact) mass is 429 g/mol. The van der Waals surface area contributed by atoms with Gasteiger partial charge < -0.3 is 14.5 Å². The lowest BCUT2D eigenvalue weighted by atomic mass is 10.0. The fraction of sp³-hybridized carbons (Fsp3) is 0.200. The smallest absolute Gasteiger partial charge is 0.251 e. The van der Waals surface area contributed by atoms with Crippen molar-refractivity contribution in [2.75, 3.05) is 5.75 Å². The van der Waals surface area contributed by atoms with Gasteiger partial charge in [0.1, 0.15) is 18.0 Å². The molecule has 0 fully saturated rings. The Morgan fingerprint density at radius 1 is 1.19 bits per heavy atom. The van der Waals surface area contributed by atoms with Crippen LogP contribution in [0.25, 0.3) is 5.65 Å². The van der Waals surface area contributed by atoms with Crippen molar-refractivity contribution in [3.05, 3.63) is 95.4 Å². The average molecular weight is 430 g/mol. The van der Waals surface area contributed by atoms with Crippen LogP contribution in [-0.4, -0.2) is 21.0 Å². The van der Waals surface area contributed by atoms with E-state index in [-0.39, 0.29) is 11.9 Å². The van der Waals surface area contributed by atoms with E-state index in [0.29, 0.717) is 17.9 Å². The van der Waals surface area contributed by atoms with Crippen LogP contribution >= 0.6 is 11.8 Å². The molecule has 0 saturated heterocycles. The molecule has 31 heavy (non-hydrogen) atoms. The first-order valence-electron chi connectivity index (χ1n) is 10.4. The number of thioether (sulfide) groups is 1. The Labute approximate surface area is 185 Å². The Morgan fingerprint density at radius 3 is 3.00 bits per heavy atom. The third-order valence-electron chi connectivity index (χ3n) is 5.47. The normalized spacial score (nSPS) is 15.5. The summed E-state index contributed by atoms with van der Waals surface area (Å²) in [6, 6.07) is 19.7. The van der Waals surface area contributed by atoms with Crippen LogP contribution in [0.4, 0.5) is 0 Å². The summed E-state index contributed by atoms with van der Waals surface area (Å²) in [5.41, 5.74) is 4.69. The van der Waals surface area contributed by atoms with E-state index in [9.17, 15) is 4.79 Å². The summed E-state index contributed by atoms with van der Waals surface area (Å²) in [7, 11) is 0. The number of nitrogens with one attached hydrogen (secondary N) is 1. The predicted molar refractivity (Wildman–Crippen MR) is 123 cm³/mol. The Kier molecular flexibility index (Phi) is 5.38. The van der Waals surface area contributed by atoms with Crippen LogP contribution in [0, 0.1) is 6.92 Å². The molecular formula is C25H23N3O2S. The maximum absolute atomic E-state index is 12.9. The number of carbonyl (C=O) groups is 1. The minimum Gasteiger partial charge on any atom is -0.487 e. The molecule has 0 spiro atoms. The highest BCUT2D eigenvalue weighted by Crippen LogP contribution is 2.36. The summed E-state index contributed by atoms with van der Waals surface area (Å²) in [5.74, 6) is 1.57. The number of nitrogens with zero attached hydrogens (tertiary/aromatic N) is 2. The Morgan fingerprint density at radius 2 is 2.10 bits per heavy atom. The van der Waals surface area contributed by atoms with Crippen molar-refractivity contribution in [3.8, 4) is 5.75 Å². The SMILES string of the molecule is Cc1cccn2cc(COc3cccc(C(=O)NC4CCSc5ccccc54)c3)nc12. The molecule has 156 valence electrons. The lowest BCUT2D eigenvalue weighted by Crippen LogP contribution is -2.30. The summed E-state index contributed by atoms with van der Waals surface area (Å²) in [5, 5.41) is 3.19. The standard InChI is InChI=1S/C25H23N3O2S/c1-17-6-5-12-28-15-19(26-24(17)28)16-30-20-8-4-7-18(14-20)25(29)27-22-11-13-31-23-10-3-2-9-21(22)23/h2-10,12,14-15,22H,11,13,16H2,1H3,(H,27,29). The van der Waals surface area contributed by atoms with Crippen LogP contribution in [0.1, 0.15) is 39.6 Å². The van der Waals surface area contributed by atoms with Gasteiger partial charge in [-0.25, -0.2) is 4.98 Å². The maximum atomic E-state index is 12.9. The summed E-state index contributed by atoms with van der Waals surface area (Å²) < 4.78 is 7.94. The number of benzene rings is 2. The lowest BCUT2D eigenvalue weighted by molar-refractivity contribution is 0.0934. The molecule has 6 heteroatoms. The quantitative estimate of drug-likeness (QED) is 0.474. The summed E-state index contributed by atoms with van der Waals surface area (Å²) >= 11 is 1.85. The molecule has 1 atom stereocenters. The largest absolute Gasteiger partial charge is 0.487 e. The number of imidazole rings is 1. The van der Waals surface area contributed by atoms with Crippen molar-refractivity contribution < 1.29 is 9.53 Å². The Balaban J connectivity index is 1.27. The van der Waals surface area contributed by atoms with Crippen LogP contribution in [0.5, 0.6) is 5.75 Å². The van der Waals surface area contributed by atoms with Crippen molar-refractivity contribution in [3.63, 3.8) is 0 Å². The molecule has 1 aliphatic rings. The van der Waals surface area contributed by atoms with Gasteiger partial charge in [0.05, 0.1) is 11.7 Å². The zero-order chi connectivity index (χ0) is 21.2. The van der Waals surface area contributed by atoms with Crippen LogP contribution in [0.15, 0.2) is 78.0 Å². The number of carbonyl (C=O) groups excluding carboxylic acids is 1. The molecule has 5 rings (SSSR count). The van der Waals surface area contributed by atoms with Gasteiger partial charge in [-0.2, -0.15) is 0 Å². The molecule has 4 aromatic rings. The zero-order valence-electron chi connectivity index (χ0n) is 17.2.